The molecule has 0 spiro atoms. The van der Waals surface area contributed by atoms with Crippen molar-refractivity contribution in [3.63, 3.8) is 0 Å². The molecule has 0 saturated heterocycles. The van der Waals surface area contributed by atoms with Crippen LogP contribution in [0.15, 0.2) is 24.3 Å². The summed E-state index contributed by atoms with van der Waals surface area (Å²) in [7, 11) is 0. The number of hydrogen-bond donors (Lipinski definition) is 1. The predicted molar refractivity (Wildman–Crippen MR) is 66.0 cm³/mol. The molecule has 0 heterocycles. The average molecular weight is 214 g/mol. The summed E-state index contributed by atoms with van der Waals surface area (Å²) >= 11 is 0. The lowest BCUT2D eigenvalue weighted by atomic mass is 9.87. The predicted octanol–water partition coefficient (Wildman–Crippen LogP) is 2.90. The van der Waals surface area contributed by atoms with Gasteiger partial charge in [0.05, 0.1) is 6.10 Å². The van der Waals surface area contributed by atoms with E-state index in [0.717, 1.165) is 24.8 Å². The van der Waals surface area contributed by atoms with Crippen LogP contribution in [0, 0.1) is 24.7 Å². The van der Waals surface area contributed by atoms with E-state index < -0.39 is 0 Å². The van der Waals surface area contributed by atoms with Crippen LogP contribution in [0.5, 0.6) is 0 Å². The molecule has 1 nitrogen and oxygen atoms in total. The van der Waals surface area contributed by atoms with Gasteiger partial charge in [-0.1, -0.05) is 36.8 Å². The van der Waals surface area contributed by atoms with Crippen molar-refractivity contribution in [2.75, 3.05) is 0 Å². The van der Waals surface area contributed by atoms with E-state index in [4.69, 9.17) is 0 Å². The normalized spacial score (nSPS) is 24.6. The number of aliphatic hydroxyl groups excluding tert-OH is 1. The molecule has 0 unspecified atom stereocenters. The number of aryl methyl sites for hydroxylation is 1. The van der Waals surface area contributed by atoms with Crippen LogP contribution in [0.1, 0.15) is 36.8 Å². The Kier molecular flexibility index (Phi) is 3.64. The molecule has 84 valence electrons. The van der Waals surface area contributed by atoms with Crippen molar-refractivity contribution in [1.82, 2.24) is 0 Å². The third kappa shape index (κ3) is 2.87. The Hall–Kier alpha value is -1.26. The molecule has 16 heavy (non-hydrogen) atoms. The van der Waals surface area contributed by atoms with Crippen LogP contribution in [-0.4, -0.2) is 11.2 Å². The summed E-state index contributed by atoms with van der Waals surface area (Å²) in [4.78, 5) is 0. The first-order valence-electron chi connectivity index (χ1n) is 6.02. The van der Waals surface area contributed by atoms with E-state index in [1.807, 2.05) is 12.1 Å². The highest BCUT2D eigenvalue weighted by Gasteiger charge is 2.20. The molecule has 1 saturated carbocycles. The van der Waals surface area contributed by atoms with E-state index in [1.165, 1.54) is 12.0 Å². The van der Waals surface area contributed by atoms with Crippen LogP contribution in [0.2, 0.25) is 0 Å². The SMILES string of the molecule is Cc1cccc(C#C[C@H]2CCCC[C@@H]2O)c1. The number of hydrogen-bond acceptors (Lipinski definition) is 1. The molecule has 1 fully saturated rings. The van der Waals surface area contributed by atoms with Crippen molar-refractivity contribution >= 4 is 0 Å². The third-order valence-electron chi connectivity index (χ3n) is 3.15. The summed E-state index contributed by atoms with van der Waals surface area (Å²) in [6, 6.07) is 8.20. The fourth-order valence-electron chi connectivity index (χ4n) is 2.18. The van der Waals surface area contributed by atoms with Crippen molar-refractivity contribution in [3.8, 4) is 11.8 Å². The Balaban J connectivity index is 2.08. The standard InChI is InChI=1S/C15H18O/c1-12-5-4-6-13(11-12)9-10-14-7-2-3-8-15(14)16/h4-6,11,14-16H,2-3,7-8H2,1H3/t14-,15+/m1/s1. The highest BCUT2D eigenvalue weighted by molar-refractivity contribution is 5.37. The maximum Gasteiger partial charge on any atom is 0.0677 e. The van der Waals surface area contributed by atoms with Crippen LogP contribution in [0.3, 0.4) is 0 Å². The van der Waals surface area contributed by atoms with Gasteiger partial charge < -0.3 is 5.11 Å². The topological polar surface area (TPSA) is 20.2 Å². The minimum Gasteiger partial charge on any atom is -0.392 e. The summed E-state index contributed by atoms with van der Waals surface area (Å²) in [6.07, 6.45) is 4.08. The van der Waals surface area contributed by atoms with Crippen molar-refractivity contribution in [2.45, 2.75) is 38.7 Å². The summed E-state index contributed by atoms with van der Waals surface area (Å²) in [5.41, 5.74) is 2.29. The van der Waals surface area contributed by atoms with Gasteiger partial charge in [-0.05, 0) is 37.5 Å². The average Bonchev–Trinajstić information content (AvgIpc) is 2.28. The van der Waals surface area contributed by atoms with E-state index in [0.29, 0.717) is 0 Å². The van der Waals surface area contributed by atoms with Crippen LogP contribution in [0.25, 0.3) is 0 Å². The molecule has 0 bridgehead atoms. The largest absolute Gasteiger partial charge is 0.392 e. The van der Waals surface area contributed by atoms with Gasteiger partial charge in [0.15, 0.2) is 0 Å². The maximum absolute atomic E-state index is 9.80. The number of aliphatic hydroxyl groups is 1. The molecule has 1 aromatic rings. The minimum atomic E-state index is -0.217. The highest BCUT2D eigenvalue weighted by Crippen LogP contribution is 2.23. The van der Waals surface area contributed by atoms with Gasteiger partial charge in [0.1, 0.15) is 0 Å². The van der Waals surface area contributed by atoms with E-state index >= 15 is 0 Å². The van der Waals surface area contributed by atoms with Crippen LogP contribution < -0.4 is 0 Å². The van der Waals surface area contributed by atoms with E-state index in [1.54, 1.807) is 0 Å². The molecule has 1 heteroatoms. The molecule has 1 aliphatic rings. The fraction of sp³-hybridized carbons (Fsp3) is 0.467. The molecule has 0 radical (unpaired) electrons. The molecule has 2 rings (SSSR count). The van der Waals surface area contributed by atoms with Crippen LogP contribution >= 0.6 is 0 Å². The molecular formula is C15H18O. The first kappa shape index (κ1) is 11.2. The van der Waals surface area contributed by atoms with Gasteiger partial charge in [-0.3, -0.25) is 0 Å². The first-order chi connectivity index (χ1) is 7.75. The lowest BCUT2D eigenvalue weighted by Gasteiger charge is -2.22. The van der Waals surface area contributed by atoms with Gasteiger partial charge in [0.25, 0.3) is 0 Å². The van der Waals surface area contributed by atoms with Gasteiger partial charge in [0.2, 0.25) is 0 Å². The lowest BCUT2D eigenvalue weighted by molar-refractivity contribution is 0.0970. The third-order valence-corrected chi connectivity index (χ3v) is 3.15. The van der Waals surface area contributed by atoms with Crippen molar-refractivity contribution < 1.29 is 5.11 Å². The Morgan fingerprint density at radius 2 is 2.06 bits per heavy atom. The van der Waals surface area contributed by atoms with Crippen LogP contribution in [-0.2, 0) is 0 Å². The second kappa shape index (κ2) is 5.18. The second-order valence-electron chi connectivity index (χ2n) is 4.60. The van der Waals surface area contributed by atoms with E-state index in [-0.39, 0.29) is 12.0 Å². The molecule has 1 aliphatic carbocycles. The van der Waals surface area contributed by atoms with Gasteiger partial charge in [-0.15, -0.1) is 0 Å². The Morgan fingerprint density at radius 1 is 1.25 bits per heavy atom. The lowest BCUT2D eigenvalue weighted by Crippen LogP contribution is -2.22. The molecule has 2 atom stereocenters. The summed E-state index contributed by atoms with van der Waals surface area (Å²) in [5, 5.41) is 9.80. The highest BCUT2D eigenvalue weighted by atomic mass is 16.3. The van der Waals surface area contributed by atoms with Crippen molar-refractivity contribution in [2.24, 2.45) is 5.92 Å². The van der Waals surface area contributed by atoms with E-state index in [2.05, 4.69) is 30.9 Å². The minimum absolute atomic E-state index is 0.175. The summed E-state index contributed by atoms with van der Waals surface area (Å²) < 4.78 is 0. The summed E-state index contributed by atoms with van der Waals surface area (Å²) in [5.74, 6) is 6.57. The Labute approximate surface area is 97.5 Å². The van der Waals surface area contributed by atoms with Gasteiger partial charge in [-0.25, -0.2) is 0 Å². The van der Waals surface area contributed by atoms with Crippen molar-refractivity contribution in [3.05, 3.63) is 35.4 Å². The second-order valence-corrected chi connectivity index (χ2v) is 4.60. The Morgan fingerprint density at radius 3 is 2.81 bits per heavy atom. The quantitative estimate of drug-likeness (QED) is 0.658. The molecule has 0 aliphatic heterocycles. The molecule has 1 aromatic carbocycles. The van der Waals surface area contributed by atoms with E-state index in [9.17, 15) is 5.11 Å². The molecule has 0 amide bonds. The van der Waals surface area contributed by atoms with Crippen LogP contribution in [0.4, 0.5) is 0 Å². The molecular weight excluding hydrogens is 196 g/mol. The number of rotatable bonds is 0. The molecule has 1 N–H and O–H groups in total. The van der Waals surface area contributed by atoms with Gasteiger partial charge in [0, 0.05) is 11.5 Å². The first-order valence-corrected chi connectivity index (χ1v) is 6.02. The molecule has 0 aromatic heterocycles. The zero-order valence-corrected chi connectivity index (χ0v) is 9.74. The Bertz CT molecular complexity index is 411. The monoisotopic (exact) mass is 214 g/mol. The number of benzene rings is 1. The smallest absolute Gasteiger partial charge is 0.0677 e. The maximum atomic E-state index is 9.80. The summed E-state index contributed by atoms with van der Waals surface area (Å²) in [6.45, 7) is 2.07. The zero-order valence-electron chi connectivity index (χ0n) is 9.74. The zero-order chi connectivity index (χ0) is 11.4. The van der Waals surface area contributed by atoms with Crippen molar-refractivity contribution in [1.29, 1.82) is 0 Å². The fourth-order valence-corrected chi connectivity index (χ4v) is 2.18. The van der Waals surface area contributed by atoms with Gasteiger partial charge >= 0.3 is 0 Å². The van der Waals surface area contributed by atoms with Gasteiger partial charge in [-0.2, -0.15) is 0 Å².